The number of para-hydroxylation sites is 2. The summed E-state index contributed by atoms with van der Waals surface area (Å²) < 4.78 is 29.8. The summed E-state index contributed by atoms with van der Waals surface area (Å²) in [4.78, 5) is 31.4. The van der Waals surface area contributed by atoms with Crippen molar-refractivity contribution in [1.82, 2.24) is 9.80 Å². The summed E-state index contributed by atoms with van der Waals surface area (Å²) in [6, 6.07) is 29.2. The van der Waals surface area contributed by atoms with Crippen LogP contribution in [0, 0.1) is 0 Å². The Hall–Kier alpha value is -4.43. The minimum atomic E-state index is -3.31. The maximum Gasteiger partial charge on any atom is 0.254 e. The van der Waals surface area contributed by atoms with Crippen molar-refractivity contribution in [3.8, 4) is 22.6 Å². The molecular formula is C32H28N2O5S. The number of amides is 2. The zero-order valence-corrected chi connectivity index (χ0v) is 22.8. The topological polar surface area (TPSA) is 84.0 Å². The van der Waals surface area contributed by atoms with Gasteiger partial charge < -0.3 is 14.5 Å². The van der Waals surface area contributed by atoms with Crippen molar-refractivity contribution in [2.75, 3.05) is 32.4 Å². The minimum absolute atomic E-state index is 0.00154. The number of rotatable bonds is 4. The average Bonchev–Trinajstić information content (AvgIpc) is 2.99. The first-order valence-electron chi connectivity index (χ1n) is 13.1. The molecule has 1 fully saturated rings. The van der Waals surface area contributed by atoms with Gasteiger partial charge in [-0.2, -0.15) is 0 Å². The third kappa shape index (κ3) is 4.75. The highest BCUT2D eigenvalue weighted by atomic mass is 32.2. The lowest BCUT2D eigenvalue weighted by Crippen LogP contribution is -2.52. The van der Waals surface area contributed by atoms with Gasteiger partial charge >= 0.3 is 0 Å². The van der Waals surface area contributed by atoms with Crippen LogP contribution in [0.2, 0.25) is 0 Å². The first kappa shape index (κ1) is 25.8. The molecule has 0 aromatic heterocycles. The molecule has 2 aliphatic rings. The number of sulfone groups is 1. The molecule has 2 aliphatic heterocycles. The minimum Gasteiger partial charge on any atom is -0.457 e. The number of benzene rings is 4. The Morgan fingerprint density at radius 2 is 1.23 bits per heavy atom. The van der Waals surface area contributed by atoms with Gasteiger partial charge in [-0.3, -0.25) is 9.59 Å². The summed E-state index contributed by atoms with van der Waals surface area (Å²) in [5.74, 6) is 0.807. The maximum atomic E-state index is 13.9. The lowest BCUT2D eigenvalue weighted by Gasteiger charge is -2.38. The summed E-state index contributed by atoms with van der Waals surface area (Å²) in [6.07, 6.45) is 1.17. The number of piperazine rings is 1. The number of fused-ring (bicyclic) bond motifs is 2. The first-order valence-corrected chi connectivity index (χ1v) is 15.0. The summed E-state index contributed by atoms with van der Waals surface area (Å²) >= 11 is 0. The van der Waals surface area contributed by atoms with Crippen LogP contribution in [-0.4, -0.2) is 62.5 Å². The molecule has 6 rings (SSSR count). The van der Waals surface area contributed by atoms with E-state index in [1.165, 1.54) is 6.26 Å². The number of carbonyl (C=O) groups excluding carboxylic acids is 2. The summed E-state index contributed by atoms with van der Waals surface area (Å²) in [7, 11) is -3.31. The van der Waals surface area contributed by atoms with Crippen LogP contribution < -0.4 is 4.74 Å². The van der Waals surface area contributed by atoms with Crippen LogP contribution in [-0.2, 0) is 14.6 Å². The Kier molecular flexibility index (Phi) is 6.64. The van der Waals surface area contributed by atoms with E-state index in [-0.39, 0.29) is 16.7 Å². The highest BCUT2D eigenvalue weighted by molar-refractivity contribution is 7.90. The fraction of sp³-hybridized carbons (Fsp3) is 0.188. The fourth-order valence-electron chi connectivity index (χ4n) is 5.46. The predicted octanol–water partition coefficient (Wildman–Crippen LogP) is 4.98. The van der Waals surface area contributed by atoms with E-state index in [0.29, 0.717) is 43.2 Å². The van der Waals surface area contributed by atoms with E-state index in [1.54, 1.807) is 35.2 Å². The zero-order chi connectivity index (χ0) is 27.9. The van der Waals surface area contributed by atoms with Gasteiger partial charge in [0.05, 0.1) is 10.8 Å². The van der Waals surface area contributed by atoms with E-state index < -0.39 is 15.8 Å². The number of carbonyl (C=O) groups is 2. The summed E-state index contributed by atoms with van der Waals surface area (Å²) in [5, 5.41) is 0. The number of hydrogen-bond acceptors (Lipinski definition) is 5. The predicted molar refractivity (Wildman–Crippen MR) is 152 cm³/mol. The van der Waals surface area contributed by atoms with Crippen LogP contribution in [0.4, 0.5) is 0 Å². The molecule has 40 heavy (non-hydrogen) atoms. The highest BCUT2D eigenvalue weighted by Crippen LogP contribution is 2.44. The van der Waals surface area contributed by atoms with Gasteiger partial charge in [-0.15, -0.1) is 0 Å². The molecule has 0 atom stereocenters. The molecule has 0 N–H and O–H groups in total. The maximum absolute atomic E-state index is 13.9. The van der Waals surface area contributed by atoms with Gasteiger partial charge in [-0.05, 0) is 41.5 Å². The molecule has 4 aromatic rings. The van der Waals surface area contributed by atoms with E-state index >= 15 is 0 Å². The highest BCUT2D eigenvalue weighted by Gasteiger charge is 2.36. The third-order valence-corrected chi connectivity index (χ3v) is 8.68. The Morgan fingerprint density at radius 3 is 1.82 bits per heavy atom. The molecule has 4 aromatic carbocycles. The Bertz CT molecular complexity index is 1660. The normalized spacial score (nSPS) is 15.1. The molecule has 7 nitrogen and oxygen atoms in total. The van der Waals surface area contributed by atoms with Crippen LogP contribution in [0.25, 0.3) is 11.1 Å². The molecule has 1 saturated heterocycles. The van der Waals surface area contributed by atoms with Crippen LogP contribution in [0.15, 0.2) is 102 Å². The Morgan fingerprint density at radius 1 is 0.700 bits per heavy atom. The Balaban J connectivity index is 1.20. The van der Waals surface area contributed by atoms with Gasteiger partial charge in [0.25, 0.3) is 5.91 Å². The van der Waals surface area contributed by atoms with E-state index in [1.807, 2.05) is 71.6 Å². The molecule has 0 spiro atoms. The molecule has 0 saturated carbocycles. The second kappa shape index (κ2) is 10.3. The van der Waals surface area contributed by atoms with Crippen molar-refractivity contribution in [2.24, 2.45) is 0 Å². The molecular weight excluding hydrogens is 524 g/mol. The summed E-state index contributed by atoms with van der Waals surface area (Å²) in [5.41, 5.74) is 3.74. The molecule has 2 heterocycles. The molecule has 202 valence electrons. The molecule has 0 unspecified atom stereocenters. The van der Waals surface area contributed by atoms with Gasteiger partial charge in [-0.25, -0.2) is 8.42 Å². The second-order valence-corrected chi connectivity index (χ2v) is 12.1. The van der Waals surface area contributed by atoms with Crippen molar-refractivity contribution < 1.29 is 22.7 Å². The van der Waals surface area contributed by atoms with Crippen molar-refractivity contribution in [1.29, 1.82) is 0 Å². The fourth-order valence-corrected chi connectivity index (χ4v) is 6.09. The third-order valence-electron chi connectivity index (χ3n) is 7.56. The zero-order valence-electron chi connectivity index (χ0n) is 22.0. The molecule has 0 aliphatic carbocycles. The standard InChI is InChI=1S/C32H28N2O5S/c1-40(37,38)23-16-14-22(15-17-23)24-8-2-3-9-25(24)31(35)33-18-20-34(21-19-33)32(36)30-26-10-4-6-12-28(26)39-29-13-7-5-11-27(29)30/h2-17,30H,18-21H2,1H3. The van der Waals surface area contributed by atoms with Crippen molar-refractivity contribution in [3.63, 3.8) is 0 Å². The van der Waals surface area contributed by atoms with Crippen molar-refractivity contribution in [3.05, 3.63) is 114 Å². The lowest BCUT2D eigenvalue weighted by atomic mass is 9.86. The number of nitrogens with zero attached hydrogens (tertiary/aromatic N) is 2. The van der Waals surface area contributed by atoms with Crippen LogP contribution in [0.5, 0.6) is 11.5 Å². The first-order chi connectivity index (χ1) is 19.3. The van der Waals surface area contributed by atoms with Gasteiger partial charge in [0.1, 0.15) is 11.5 Å². The smallest absolute Gasteiger partial charge is 0.254 e. The van der Waals surface area contributed by atoms with Crippen molar-refractivity contribution in [2.45, 2.75) is 10.8 Å². The molecule has 8 heteroatoms. The Labute approximate surface area is 233 Å². The molecule has 2 amide bonds. The lowest BCUT2D eigenvalue weighted by molar-refractivity contribution is -0.133. The van der Waals surface area contributed by atoms with Gasteiger partial charge in [0.15, 0.2) is 9.84 Å². The SMILES string of the molecule is CS(=O)(=O)c1ccc(-c2ccccc2C(=O)N2CCN(C(=O)C3c4ccccc4Oc4ccccc43)CC2)cc1. The van der Waals surface area contributed by atoms with Gasteiger partial charge in [0, 0.05) is 49.1 Å². The van der Waals surface area contributed by atoms with Crippen LogP contribution in [0.1, 0.15) is 27.4 Å². The monoisotopic (exact) mass is 552 g/mol. The van der Waals surface area contributed by atoms with Gasteiger partial charge in [0.2, 0.25) is 5.91 Å². The number of hydrogen-bond donors (Lipinski definition) is 0. The van der Waals surface area contributed by atoms with Crippen LogP contribution >= 0.6 is 0 Å². The van der Waals surface area contributed by atoms with Crippen molar-refractivity contribution >= 4 is 21.7 Å². The van der Waals surface area contributed by atoms with E-state index in [4.69, 9.17) is 4.74 Å². The molecule has 0 radical (unpaired) electrons. The second-order valence-electron chi connectivity index (χ2n) is 10.1. The quantitative estimate of drug-likeness (QED) is 0.357. The van der Waals surface area contributed by atoms with Gasteiger partial charge in [-0.1, -0.05) is 66.7 Å². The largest absolute Gasteiger partial charge is 0.457 e. The van der Waals surface area contributed by atoms with Crippen LogP contribution in [0.3, 0.4) is 0 Å². The number of ether oxygens (including phenoxy) is 1. The van der Waals surface area contributed by atoms with E-state index in [0.717, 1.165) is 22.3 Å². The van der Waals surface area contributed by atoms with E-state index in [9.17, 15) is 18.0 Å². The average molecular weight is 553 g/mol. The molecule has 0 bridgehead atoms. The summed E-state index contributed by atoms with van der Waals surface area (Å²) in [6.45, 7) is 1.69. The van der Waals surface area contributed by atoms with E-state index in [2.05, 4.69) is 0 Å².